The third-order valence-corrected chi connectivity index (χ3v) is 6.55. The maximum Gasteiger partial charge on any atom is 0.417 e. The van der Waals surface area contributed by atoms with E-state index in [-0.39, 0.29) is 23.5 Å². The summed E-state index contributed by atoms with van der Waals surface area (Å²) in [5.41, 5.74) is -3.01. The smallest absolute Gasteiger partial charge is 0.417 e. The number of rotatable bonds is 6. The van der Waals surface area contributed by atoms with Gasteiger partial charge in [0, 0.05) is 11.3 Å². The molecular weight excluding hydrogens is 564 g/mol. The van der Waals surface area contributed by atoms with Crippen LogP contribution in [0, 0.1) is 0 Å². The minimum Gasteiger partial charge on any atom is -0.468 e. The summed E-state index contributed by atoms with van der Waals surface area (Å²) in [4.78, 5) is 26.1. The highest BCUT2D eigenvalue weighted by Crippen LogP contribution is 2.40. The number of alkyl halides is 6. The van der Waals surface area contributed by atoms with Crippen LogP contribution in [0.3, 0.4) is 0 Å². The molecule has 0 fully saturated rings. The summed E-state index contributed by atoms with van der Waals surface area (Å²) >= 11 is 5.96. The first-order chi connectivity index (χ1) is 18.8. The third kappa shape index (κ3) is 5.76. The second kappa shape index (κ2) is 10.8. The summed E-state index contributed by atoms with van der Waals surface area (Å²) in [5.74, 6) is -1.44. The molecule has 6 nitrogen and oxygen atoms in total. The van der Waals surface area contributed by atoms with Gasteiger partial charge in [0.15, 0.2) is 5.41 Å². The van der Waals surface area contributed by atoms with Gasteiger partial charge in [-0.25, -0.2) is 0 Å². The Morgan fingerprint density at radius 2 is 1.62 bits per heavy atom. The third-order valence-electron chi connectivity index (χ3n) is 6.24. The van der Waals surface area contributed by atoms with Crippen LogP contribution in [0.2, 0.25) is 5.02 Å². The number of nitrogens with zero attached hydrogens (tertiary/aromatic N) is 2. The van der Waals surface area contributed by atoms with Gasteiger partial charge in [-0.15, -0.1) is 0 Å². The number of hydrogen-bond donors (Lipinski definition) is 1. The number of hydrogen-bond acceptors (Lipinski definition) is 5. The van der Waals surface area contributed by atoms with Crippen molar-refractivity contribution in [3.05, 3.63) is 100 Å². The lowest BCUT2D eigenvalue weighted by Crippen LogP contribution is -2.47. The van der Waals surface area contributed by atoms with Gasteiger partial charge in [-0.2, -0.15) is 31.4 Å². The number of esters is 1. The van der Waals surface area contributed by atoms with Gasteiger partial charge in [0.05, 0.1) is 35.5 Å². The van der Waals surface area contributed by atoms with Gasteiger partial charge in [-0.3, -0.25) is 14.6 Å². The highest BCUT2D eigenvalue weighted by molar-refractivity contribution is 6.32. The Balaban J connectivity index is 1.70. The predicted molar refractivity (Wildman–Crippen MR) is 135 cm³/mol. The monoisotopic (exact) mass is 583 g/mol. The van der Waals surface area contributed by atoms with Gasteiger partial charge in [0.25, 0.3) is 0 Å². The molecule has 0 bridgehead atoms. The van der Waals surface area contributed by atoms with Crippen molar-refractivity contribution in [2.24, 2.45) is 5.10 Å². The first-order valence-electron chi connectivity index (χ1n) is 11.6. The van der Waals surface area contributed by atoms with Crippen molar-refractivity contribution in [1.82, 2.24) is 5.01 Å². The molecule has 0 spiro atoms. The molecule has 1 aliphatic heterocycles. The summed E-state index contributed by atoms with van der Waals surface area (Å²) in [6.07, 6.45) is -9.26. The van der Waals surface area contributed by atoms with Gasteiger partial charge in [-0.1, -0.05) is 48.0 Å². The maximum absolute atomic E-state index is 13.3. The zero-order valence-electron chi connectivity index (χ0n) is 20.6. The molecule has 1 N–H and O–H groups in total. The molecule has 3 aromatic rings. The second-order valence-corrected chi connectivity index (χ2v) is 9.26. The van der Waals surface area contributed by atoms with Gasteiger partial charge >= 0.3 is 18.3 Å². The molecule has 13 heteroatoms. The number of hydrazone groups is 1. The predicted octanol–water partition coefficient (Wildman–Crippen LogP) is 6.15. The van der Waals surface area contributed by atoms with Gasteiger partial charge < -0.3 is 10.1 Å². The second-order valence-electron chi connectivity index (χ2n) is 8.85. The van der Waals surface area contributed by atoms with E-state index in [1.807, 2.05) is 0 Å². The number of carbonyl (C=O) groups excluding carboxylic acids is 2. The lowest BCUT2D eigenvalue weighted by Gasteiger charge is -2.29. The molecule has 0 saturated carbocycles. The summed E-state index contributed by atoms with van der Waals surface area (Å²) in [6.45, 7) is -0.664. The van der Waals surface area contributed by atoms with E-state index in [2.05, 4.69) is 10.4 Å². The van der Waals surface area contributed by atoms with E-state index in [0.717, 1.165) is 49.6 Å². The number of benzene rings is 3. The molecule has 1 aliphatic rings. The van der Waals surface area contributed by atoms with Crippen LogP contribution < -0.4 is 5.32 Å². The van der Waals surface area contributed by atoms with Crippen LogP contribution in [0.5, 0.6) is 0 Å². The summed E-state index contributed by atoms with van der Waals surface area (Å²) < 4.78 is 83.6. The zero-order valence-corrected chi connectivity index (χ0v) is 21.4. The Morgan fingerprint density at radius 3 is 2.17 bits per heavy atom. The van der Waals surface area contributed by atoms with E-state index in [0.29, 0.717) is 5.56 Å². The molecule has 210 valence electrons. The number of anilines is 1. The highest BCUT2D eigenvalue weighted by Gasteiger charge is 2.52. The lowest BCUT2D eigenvalue weighted by atomic mass is 9.74. The van der Waals surface area contributed by atoms with Crippen LogP contribution in [-0.2, 0) is 32.1 Å². The van der Waals surface area contributed by atoms with Crippen molar-refractivity contribution < 1.29 is 40.7 Å². The summed E-state index contributed by atoms with van der Waals surface area (Å²) in [6, 6.07) is 15.0. The van der Waals surface area contributed by atoms with Crippen LogP contribution in [0.15, 0.2) is 77.9 Å². The van der Waals surface area contributed by atoms with Crippen LogP contribution in [0.4, 0.5) is 32.0 Å². The highest BCUT2D eigenvalue weighted by atomic mass is 35.5. The van der Waals surface area contributed by atoms with Crippen molar-refractivity contribution in [1.29, 1.82) is 0 Å². The van der Waals surface area contributed by atoms with E-state index >= 15 is 0 Å². The molecule has 0 aromatic heterocycles. The molecule has 1 unspecified atom stereocenters. The quantitative estimate of drug-likeness (QED) is 0.279. The van der Waals surface area contributed by atoms with E-state index in [1.165, 1.54) is 5.01 Å². The van der Waals surface area contributed by atoms with Crippen LogP contribution in [0.1, 0.15) is 22.3 Å². The van der Waals surface area contributed by atoms with E-state index in [1.54, 1.807) is 30.3 Å². The topological polar surface area (TPSA) is 71.0 Å². The number of halogens is 7. The first-order valence-corrected chi connectivity index (χ1v) is 12.0. The standard InChI is InChI=1S/C27H20ClF6N3O3/c1-40-24(39)25(17-5-3-2-4-6-17)15-37(14-22(38)35-19-10-8-18(9-11-19)26(29,30)31)36-23(25)16-7-12-20(21(28)13-16)27(32,33)34/h2-13H,14-15H2,1H3,(H,35,38). The Hall–Kier alpha value is -4.06. The maximum atomic E-state index is 13.3. The number of methoxy groups -OCH3 is 1. The van der Waals surface area contributed by atoms with Gasteiger partial charge in [0.2, 0.25) is 5.91 Å². The fourth-order valence-electron chi connectivity index (χ4n) is 4.41. The minimum atomic E-state index is -4.71. The molecule has 0 saturated heterocycles. The normalized spacial score (nSPS) is 17.4. The molecular formula is C27H20ClF6N3O3. The summed E-state index contributed by atoms with van der Waals surface area (Å²) in [5, 5.41) is 7.50. The molecule has 1 atom stereocenters. The van der Waals surface area contributed by atoms with E-state index in [9.17, 15) is 35.9 Å². The number of carbonyl (C=O) groups is 2. The Bertz CT molecular complexity index is 1440. The fraction of sp³-hybridized carbons (Fsp3) is 0.222. The molecule has 3 aromatic carbocycles. The molecule has 4 rings (SSSR count). The molecule has 0 aliphatic carbocycles. The van der Waals surface area contributed by atoms with Crippen molar-refractivity contribution in [3.8, 4) is 0 Å². The Morgan fingerprint density at radius 1 is 0.975 bits per heavy atom. The van der Waals surface area contributed by atoms with E-state index < -0.39 is 52.3 Å². The van der Waals surface area contributed by atoms with Crippen LogP contribution >= 0.6 is 11.6 Å². The van der Waals surface area contributed by atoms with Gasteiger partial charge in [-0.05, 0) is 42.0 Å². The largest absolute Gasteiger partial charge is 0.468 e. The van der Waals surface area contributed by atoms with E-state index in [4.69, 9.17) is 16.3 Å². The minimum absolute atomic E-state index is 0.00325. The lowest BCUT2D eigenvalue weighted by molar-refractivity contribution is -0.145. The average Bonchev–Trinajstić information content (AvgIpc) is 3.27. The Labute approximate surface area is 229 Å². The average molecular weight is 584 g/mol. The van der Waals surface area contributed by atoms with Crippen molar-refractivity contribution in [2.45, 2.75) is 17.8 Å². The fourth-order valence-corrected chi connectivity index (χ4v) is 4.70. The van der Waals surface area contributed by atoms with Crippen molar-refractivity contribution in [2.75, 3.05) is 25.5 Å². The van der Waals surface area contributed by atoms with Crippen LogP contribution in [0.25, 0.3) is 0 Å². The van der Waals surface area contributed by atoms with Gasteiger partial charge in [0.1, 0.15) is 6.54 Å². The molecule has 1 amide bonds. The molecule has 40 heavy (non-hydrogen) atoms. The van der Waals surface area contributed by atoms with Crippen LogP contribution in [-0.4, -0.2) is 42.8 Å². The molecule has 1 heterocycles. The SMILES string of the molecule is COC(=O)C1(c2ccccc2)CN(CC(=O)Nc2ccc(C(F)(F)F)cc2)N=C1c1ccc(C(F)(F)F)c(Cl)c1. The number of ether oxygens (including phenoxy) is 1. The Kier molecular flexibility index (Phi) is 7.84. The number of nitrogens with one attached hydrogen (secondary N) is 1. The first kappa shape index (κ1) is 28.9. The molecule has 0 radical (unpaired) electrons. The number of amides is 1. The van der Waals surface area contributed by atoms with Crippen molar-refractivity contribution >= 4 is 34.9 Å². The van der Waals surface area contributed by atoms with Crippen molar-refractivity contribution in [3.63, 3.8) is 0 Å². The summed E-state index contributed by atoms with van der Waals surface area (Å²) in [7, 11) is 1.14. The zero-order chi connectivity index (χ0) is 29.3.